The molecule has 1 aromatic carbocycles. The van der Waals surface area contributed by atoms with Gasteiger partial charge in [0.15, 0.2) is 0 Å². The molecular weight excluding hydrogens is 276 g/mol. The van der Waals surface area contributed by atoms with Gasteiger partial charge in [-0.05, 0) is 36.6 Å². The van der Waals surface area contributed by atoms with E-state index in [2.05, 4.69) is 0 Å². The highest BCUT2D eigenvalue weighted by atomic mass is 19.4. The van der Waals surface area contributed by atoms with Crippen LogP contribution in [0.25, 0.3) is 0 Å². The molecule has 1 rings (SSSR count). The van der Waals surface area contributed by atoms with Crippen molar-refractivity contribution in [3.63, 3.8) is 0 Å². The number of aliphatic hydroxyl groups is 1. The molecule has 0 aliphatic rings. The van der Waals surface area contributed by atoms with Crippen molar-refractivity contribution in [3.8, 4) is 0 Å². The Morgan fingerprint density at radius 2 is 1.90 bits per heavy atom. The van der Waals surface area contributed by atoms with Gasteiger partial charge in [0.05, 0.1) is 0 Å². The van der Waals surface area contributed by atoms with Crippen LogP contribution in [0.2, 0.25) is 0 Å². The zero-order valence-corrected chi connectivity index (χ0v) is 11.2. The number of ketones is 1. The first kappa shape index (κ1) is 16.6. The summed E-state index contributed by atoms with van der Waals surface area (Å²) in [5.74, 6) is -2.47. The Bertz CT molecular complexity index is 496. The molecule has 1 aromatic rings. The first-order chi connectivity index (χ1) is 9.10. The molecule has 0 saturated carbocycles. The molecule has 0 aliphatic heterocycles. The van der Waals surface area contributed by atoms with E-state index in [1.54, 1.807) is 6.92 Å². The van der Waals surface area contributed by atoms with E-state index in [9.17, 15) is 22.4 Å². The van der Waals surface area contributed by atoms with Gasteiger partial charge in [0.1, 0.15) is 5.82 Å². The molecule has 1 unspecified atom stereocenters. The largest absolute Gasteiger partial charge is 0.450 e. The number of aliphatic hydroxyl groups excluding tert-OH is 1. The van der Waals surface area contributed by atoms with Crippen molar-refractivity contribution in [2.24, 2.45) is 0 Å². The first-order valence-corrected chi connectivity index (χ1v) is 6.07. The van der Waals surface area contributed by atoms with Gasteiger partial charge < -0.3 is 5.11 Å². The van der Waals surface area contributed by atoms with Gasteiger partial charge in [0, 0.05) is 18.4 Å². The van der Waals surface area contributed by atoms with Gasteiger partial charge in [-0.25, -0.2) is 4.39 Å². The molecule has 0 heterocycles. The minimum atomic E-state index is -4.93. The molecule has 2 nitrogen and oxygen atoms in total. The minimum absolute atomic E-state index is 0.0564. The van der Waals surface area contributed by atoms with Crippen molar-refractivity contribution in [3.05, 3.63) is 35.1 Å². The van der Waals surface area contributed by atoms with Crippen molar-refractivity contribution in [2.75, 3.05) is 6.61 Å². The Morgan fingerprint density at radius 1 is 1.30 bits per heavy atom. The fraction of sp³-hybridized carbons (Fsp3) is 0.500. The van der Waals surface area contributed by atoms with Crippen molar-refractivity contribution in [2.45, 2.75) is 38.3 Å². The van der Waals surface area contributed by atoms with E-state index in [-0.39, 0.29) is 6.42 Å². The van der Waals surface area contributed by atoms with Gasteiger partial charge in [-0.2, -0.15) is 13.2 Å². The molecule has 0 saturated heterocycles. The van der Waals surface area contributed by atoms with Crippen LogP contribution < -0.4 is 0 Å². The number of carbonyl (C=O) groups excluding carboxylic acids is 1. The van der Waals surface area contributed by atoms with Gasteiger partial charge in [-0.15, -0.1) is 0 Å². The normalized spacial score (nSPS) is 14.9. The highest BCUT2D eigenvalue weighted by molar-refractivity contribution is 5.85. The smallest absolute Gasteiger partial charge is 0.396 e. The molecule has 0 fully saturated rings. The predicted molar refractivity (Wildman–Crippen MR) is 65.9 cm³/mol. The van der Waals surface area contributed by atoms with Crippen molar-refractivity contribution < 1.29 is 27.5 Å². The van der Waals surface area contributed by atoms with Crippen LogP contribution in [-0.4, -0.2) is 23.7 Å². The van der Waals surface area contributed by atoms with Crippen LogP contribution in [0.3, 0.4) is 0 Å². The van der Waals surface area contributed by atoms with E-state index in [0.717, 1.165) is 6.07 Å². The predicted octanol–water partition coefficient (Wildman–Crippen LogP) is 3.30. The van der Waals surface area contributed by atoms with E-state index in [1.165, 1.54) is 19.1 Å². The fourth-order valence-corrected chi connectivity index (χ4v) is 2.26. The van der Waals surface area contributed by atoms with E-state index in [0.29, 0.717) is 11.1 Å². The number of aryl methyl sites for hydroxylation is 1. The van der Waals surface area contributed by atoms with Crippen LogP contribution in [0.15, 0.2) is 18.2 Å². The second-order valence-corrected chi connectivity index (χ2v) is 5.09. The topological polar surface area (TPSA) is 37.3 Å². The highest BCUT2D eigenvalue weighted by Crippen LogP contribution is 2.36. The Morgan fingerprint density at radius 3 is 2.40 bits per heavy atom. The van der Waals surface area contributed by atoms with Gasteiger partial charge in [0.25, 0.3) is 0 Å². The fourth-order valence-electron chi connectivity index (χ4n) is 2.26. The molecule has 1 atom stereocenters. The van der Waals surface area contributed by atoms with Crippen LogP contribution >= 0.6 is 0 Å². The molecular formula is C14H16F4O2. The standard InChI is InChI=1S/C14H16F4O2/c1-9-3-4-10(15)7-11(9)13(2,5-6-19)8-12(20)14(16,17)18/h3-4,7,19H,5-6,8H2,1-2H3. The van der Waals surface area contributed by atoms with Crippen LogP contribution in [0.5, 0.6) is 0 Å². The lowest BCUT2D eigenvalue weighted by Gasteiger charge is -2.31. The Hall–Kier alpha value is -1.43. The van der Waals surface area contributed by atoms with Gasteiger partial charge >= 0.3 is 6.18 Å². The van der Waals surface area contributed by atoms with Crippen LogP contribution in [0, 0.1) is 12.7 Å². The molecule has 0 amide bonds. The Labute approximate surface area is 114 Å². The summed E-state index contributed by atoms with van der Waals surface area (Å²) in [6, 6.07) is 3.76. The van der Waals surface area contributed by atoms with Crippen LogP contribution in [0.4, 0.5) is 17.6 Å². The lowest BCUT2D eigenvalue weighted by molar-refractivity contribution is -0.172. The third kappa shape index (κ3) is 3.79. The molecule has 112 valence electrons. The maximum absolute atomic E-state index is 13.3. The lowest BCUT2D eigenvalue weighted by atomic mass is 9.74. The van der Waals surface area contributed by atoms with Gasteiger partial charge in [0.2, 0.25) is 5.78 Å². The molecule has 0 aliphatic carbocycles. The van der Waals surface area contributed by atoms with Crippen molar-refractivity contribution in [1.29, 1.82) is 0 Å². The molecule has 6 heteroatoms. The quantitative estimate of drug-likeness (QED) is 0.846. The molecule has 1 N–H and O–H groups in total. The third-order valence-corrected chi connectivity index (χ3v) is 3.38. The second kappa shape index (κ2) is 5.91. The summed E-state index contributed by atoms with van der Waals surface area (Å²) < 4.78 is 50.6. The summed E-state index contributed by atoms with van der Waals surface area (Å²) in [7, 11) is 0. The summed E-state index contributed by atoms with van der Waals surface area (Å²) >= 11 is 0. The van der Waals surface area contributed by atoms with E-state index >= 15 is 0 Å². The minimum Gasteiger partial charge on any atom is -0.396 e. The summed E-state index contributed by atoms with van der Waals surface area (Å²) in [6.45, 7) is 2.66. The number of hydrogen-bond donors (Lipinski definition) is 1. The molecule has 0 radical (unpaired) electrons. The van der Waals surface area contributed by atoms with Crippen LogP contribution in [0.1, 0.15) is 30.9 Å². The maximum atomic E-state index is 13.3. The van der Waals surface area contributed by atoms with Gasteiger partial charge in [-0.3, -0.25) is 4.79 Å². The number of rotatable bonds is 5. The second-order valence-electron chi connectivity index (χ2n) is 5.09. The van der Waals surface area contributed by atoms with Crippen molar-refractivity contribution in [1.82, 2.24) is 0 Å². The summed E-state index contributed by atoms with van der Waals surface area (Å²) in [5, 5.41) is 9.05. The molecule has 0 bridgehead atoms. The van der Waals surface area contributed by atoms with Gasteiger partial charge in [-0.1, -0.05) is 13.0 Å². The molecule has 0 spiro atoms. The average molecular weight is 292 g/mol. The van der Waals surface area contributed by atoms with Crippen molar-refractivity contribution >= 4 is 5.78 Å². The third-order valence-electron chi connectivity index (χ3n) is 3.38. The Kier molecular flexibility index (Phi) is 4.91. The Balaban J connectivity index is 3.21. The zero-order valence-electron chi connectivity index (χ0n) is 11.2. The zero-order chi connectivity index (χ0) is 15.6. The number of hydrogen-bond acceptors (Lipinski definition) is 2. The monoisotopic (exact) mass is 292 g/mol. The van der Waals surface area contributed by atoms with E-state index < -0.39 is 36.2 Å². The van der Waals surface area contributed by atoms with E-state index in [1.807, 2.05) is 0 Å². The molecule has 20 heavy (non-hydrogen) atoms. The lowest BCUT2D eigenvalue weighted by Crippen LogP contribution is -2.34. The molecule has 0 aromatic heterocycles. The maximum Gasteiger partial charge on any atom is 0.450 e. The number of halogens is 4. The number of carbonyl (C=O) groups is 1. The highest BCUT2D eigenvalue weighted by Gasteiger charge is 2.43. The summed E-state index contributed by atoms with van der Waals surface area (Å²) in [5.41, 5.74) is -0.366. The first-order valence-electron chi connectivity index (χ1n) is 6.07. The summed E-state index contributed by atoms with van der Waals surface area (Å²) in [6.07, 6.45) is -5.81. The van der Waals surface area contributed by atoms with E-state index in [4.69, 9.17) is 5.11 Å². The number of benzene rings is 1. The van der Waals surface area contributed by atoms with Crippen LogP contribution in [-0.2, 0) is 10.2 Å². The SMILES string of the molecule is Cc1ccc(F)cc1C(C)(CCO)CC(=O)C(F)(F)F. The number of Topliss-reactive ketones (excluding diaryl/α,β-unsaturated/α-hetero) is 1. The number of alkyl halides is 3. The summed E-state index contributed by atoms with van der Waals surface area (Å²) in [4.78, 5) is 11.2. The average Bonchev–Trinajstić information content (AvgIpc) is 2.31.